The number of rotatable bonds is 5. The van der Waals surface area contributed by atoms with E-state index < -0.39 is 0 Å². The average molecular weight is 342 g/mol. The van der Waals surface area contributed by atoms with Gasteiger partial charge in [0.05, 0.1) is 12.7 Å². The summed E-state index contributed by atoms with van der Waals surface area (Å²) < 4.78 is 7.75. The van der Waals surface area contributed by atoms with E-state index in [2.05, 4.69) is 20.2 Å². The zero-order chi connectivity index (χ0) is 17.1. The summed E-state index contributed by atoms with van der Waals surface area (Å²) in [6.07, 6.45) is 8.31. The van der Waals surface area contributed by atoms with Gasteiger partial charge in [-0.1, -0.05) is 5.21 Å². The number of pyridine rings is 1. The fourth-order valence-corrected chi connectivity index (χ4v) is 3.43. The lowest BCUT2D eigenvalue weighted by Crippen LogP contribution is -2.33. The number of carbonyl (C=O) groups is 1. The molecule has 2 aromatic heterocycles. The molecule has 1 amide bonds. The summed E-state index contributed by atoms with van der Waals surface area (Å²) in [5, 5.41) is 7.57. The third-order valence-corrected chi connectivity index (χ3v) is 4.72. The van der Waals surface area contributed by atoms with Crippen LogP contribution in [0.4, 0.5) is 5.82 Å². The van der Waals surface area contributed by atoms with Crippen molar-refractivity contribution in [1.29, 1.82) is 0 Å². The van der Waals surface area contributed by atoms with Gasteiger partial charge in [-0.2, -0.15) is 0 Å². The van der Waals surface area contributed by atoms with E-state index in [9.17, 15) is 4.79 Å². The summed E-state index contributed by atoms with van der Waals surface area (Å²) in [5.41, 5.74) is 0. The Morgan fingerprint density at radius 3 is 2.92 bits per heavy atom. The van der Waals surface area contributed by atoms with Gasteiger partial charge in [0.15, 0.2) is 11.6 Å². The van der Waals surface area contributed by atoms with E-state index in [1.54, 1.807) is 17.1 Å². The molecule has 4 heterocycles. The maximum absolute atomic E-state index is 12.3. The zero-order valence-corrected chi connectivity index (χ0v) is 14.1. The monoisotopic (exact) mass is 342 g/mol. The fourth-order valence-electron chi connectivity index (χ4n) is 3.43. The van der Waals surface area contributed by atoms with Crippen LogP contribution in [0.2, 0.25) is 0 Å². The first-order chi connectivity index (χ1) is 12.3. The quantitative estimate of drug-likeness (QED) is 0.805. The van der Waals surface area contributed by atoms with Crippen molar-refractivity contribution in [2.75, 3.05) is 31.1 Å². The Bertz CT molecular complexity index is 714. The van der Waals surface area contributed by atoms with Crippen molar-refractivity contribution in [1.82, 2.24) is 24.9 Å². The zero-order valence-electron chi connectivity index (χ0n) is 14.1. The van der Waals surface area contributed by atoms with E-state index in [0.717, 1.165) is 31.1 Å². The summed E-state index contributed by atoms with van der Waals surface area (Å²) in [5.74, 6) is 1.79. The third-order valence-electron chi connectivity index (χ3n) is 4.72. The Kier molecular flexibility index (Phi) is 4.49. The SMILES string of the molecule is O=C(Cn1ccnn1)N1CC[C@H](Oc2cccnc2N2CCCC2)C1. The molecule has 1 atom stereocenters. The van der Waals surface area contributed by atoms with Crippen molar-refractivity contribution < 1.29 is 9.53 Å². The second kappa shape index (κ2) is 7.08. The van der Waals surface area contributed by atoms with Crippen LogP contribution in [0.15, 0.2) is 30.7 Å². The maximum Gasteiger partial charge on any atom is 0.244 e. The molecule has 25 heavy (non-hydrogen) atoms. The van der Waals surface area contributed by atoms with Crippen LogP contribution in [0.1, 0.15) is 19.3 Å². The standard InChI is InChI=1S/C17H22N6O2/c24-16(13-23-11-7-19-20-23)22-10-5-14(12-22)25-15-4-3-6-18-17(15)21-8-1-2-9-21/h3-4,6-7,11,14H,1-2,5,8-10,12-13H2/t14-/m0/s1. The molecule has 0 aromatic carbocycles. The summed E-state index contributed by atoms with van der Waals surface area (Å²) in [7, 11) is 0. The van der Waals surface area contributed by atoms with Crippen molar-refractivity contribution >= 4 is 11.7 Å². The number of hydrogen-bond acceptors (Lipinski definition) is 6. The molecule has 132 valence electrons. The number of anilines is 1. The largest absolute Gasteiger partial charge is 0.485 e. The predicted molar refractivity (Wildman–Crippen MR) is 91.3 cm³/mol. The number of ether oxygens (including phenoxy) is 1. The first kappa shape index (κ1) is 15.9. The van der Waals surface area contributed by atoms with Crippen molar-refractivity contribution in [2.24, 2.45) is 0 Å². The van der Waals surface area contributed by atoms with Crippen LogP contribution in [-0.4, -0.2) is 63.1 Å². The van der Waals surface area contributed by atoms with Gasteiger partial charge in [-0.15, -0.1) is 5.10 Å². The van der Waals surface area contributed by atoms with Crippen molar-refractivity contribution in [3.05, 3.63) is 30.7 Å². The molecule has 2 aromatic rings. The van der Waals surface area contributed by atoms with E-state index in [-0.39, 0.29) is 18.6 Å². The lowest BCUT2D eigenvalue weighted by Gasteiger charge is -2.22. The Hall–Kier alpha value is -2.64. The smallest absolute Gasteiger partial charge is 0.244 e. The van der Waals surface area contributed by atoms with Gasteiger partial charge in [-0.3, -0.25) is 4.79 Å². The van der Waals surface area contributed by atoms with E-state index in [1.165, 1.54) is 12.8 Å². The molecule has 0 radical (unpaired) electrons. The Morgan fingerprint density at radius 1 is 1.24 bits per heavy atom. The summed E-state index contributed by atoms with van der Waals surface area (Å²) in [6.45, 7) is 3.58. The van der Waals surface area contributed by atoms with Gasteiger partial charge in [-0.25, -0.2) is 9.67 Å². The topological polar surface area (TPSA) is 76.4 Å². The molecule has 0 saturated carbocycles. The normalized spacial score (nSPS) is 20.2. The summed E-state index contributed by atoms with van der Waals surface area (Å²) in [4.78, 5) is 21.0. The van der Waals surface area contributed by atoms with Gasteiger partial charge in [-0.05, 0) is 25.0 Å². The second-order valence-corrected chi connectivity index (χ2v) is 6.49. The average Bonchev–Trinajstić information content (AvgIpc) is 3.38. The molecule has 8 nitrogen and oxygen atoms in total. The molecule has 8 heteroatoms. The van der Waals surface area contributed by atoms with Gasteiger partial charge >= 0.3 is 0 Å². The molecule has 0 spiro atoms. The molecule has 0 N–H and O–H groups in total. The molecule has 2 aliphatic rings. The van der Waals surface area contributed by atoms with Crippen LogP contribution >= 0.6 is 0 Å². The molecule has 4 rings (SSSR count). The fraction of sp³-hybridized carbons (Fsp3) is 0.529. The van der Waals surface area contributed by atoms with Crippen molar-refractivity contribution in [2.45, 2.75) is 31.9 Å². The molecule has 2 fully saturated rings. The van der Waals surface area contributed by atoms with Crippen LogP contribution in [0.25, 0.3) is 0 Å². The number of likely N-dealkylation sites (tertiary alicyclic amines) is 1. The first-order valence-electron chi connectivity index (χ1n) is 8.78. The number of amides is 1. The second-order valence-electron chi connectivity index (χ2n) is 6.49. The van der Waals surface area contributed by atoms with Gasteiger partial charge < -0.3 is 14.5 Å². The maximum atomic E-state index is 12.3. The Morgan fingerprint density at radius 2 is 2.12 bits per heavy atom. The third kappa shape index (κ3) is 3.57. The highest BCUT2D eigenvalue weighted by Crippen LogP contribution is 2.30. The predicted octanol–water partition coefficient (Wildman–Crippen LogP) is 0.953. The molecule has 0 bridgehead atoms. The van der Waals surface area contributed by atoms with Crippen molar-refractivity contribution in [3.8, 4) is 5.75 Å². The minimum Gasteiger partial charge on any atom is -0.485 e. The van der Waals surface area contributed by atoms with Gasteiger partial charge in [0, 0.05) is 38.4 Å². The minimum atomic E-state index is 0.00486. The van der Waals surface area contributed by atoms with E-state index in [1.807, 2.05) is 23.2 Å². The number of carbonyl (C=O) groups excluding carboxylic acids is 1. The molecule has 0 unspecified atom stereocenters. The summed E-state index contributed by atoms with van der Waals surface area (Å²) in [6, 6.07) is 3.87. The van der Waals surface area contributed by atoms with Crippen LogP contribution in [-0.2, 0) is 11.3 Å². The van der Waals surface area contributed by atoms with Gasteiger partial charge in [0.2, 0.25) is 5.91 Å². The lowest BCUT2D eigenvalue weighted by atomic mass is 10.3. The van der Waals surface area contributed by atoms with Crippen LogP contribution in [0, 0.1) is 0 Å². The Labute approximate surface area is 146 Å². The van der Waals surface area contributed by atoms with E-state index in [0.29, 0.717) is 13.1 Å². The number of aromatic nitrogens is 4. The molecular weight excluding hydrogens is 320 g/mol. The van der Waals surface area contributed by atoms with Crippen LogP contribution in [0.3, 0.4) is 0 Å². The first-order valence-corrected chi connectivity index (χ1v) is 8.78. The molecular formula is C17H22N6O2. The molecule has 0 aliphatic carbocycles. The van der Waals surface area contributed by atoms with Crippen LogP contribution in [0.5, 0.6) is 5.75 Å². The highest BCUT2D eigenvalue weighted by atomic mass is 16.5. The number of nitrogens with zero attached hydrogens (tertiary/aromatic N) is 6. The van der Waals surface area contributed by atoms with Crippen molar-refractivity contribution in [3.63, 3.8) is 0 Å². The van der Waals surface area contributed by atoms with Gasteiger partial charge in [0.1, 0.15) is 12.6 Å². The van der Waals surface area contributed by atoms with E-state index in [4.69, 9.17) is 4.74 Å². The summed E-state index contributed by atoms with van der Waals surface area (Å²) >= 11 is 0. The van der Waals surface area contributed by atoms with E-state index >= 15 is 0 Å². The highest BCUT2D eigenvalue weighted by molar-refractivity contribution is 5.76. The van der Waals surface area contributed by atoms with Gasteiger partial charge in [0.25, 0.3) is 0 Å². The highest BCUT2D eigenvalue weighted by Gasteiger charge is 2.29. The van der Waals surface area contributed by atoms with Crippen LogP contribution < -0.4 is 9.64 Å². The molecule has 2 saturated heterocycles. The molecule has 2 aliphatic heterocycles. The minimum absolute atomic E-state index is 0.00486. The Balaban J connectivity index is 1.37. The lowest BCUT2D eigenvalue weighted by molar-refractivity contribution is -0.131. The number of hydrogen-bond donors (Lipinski definition) is 0.